The largest absolute Gasteiger partial charge is 0.396 e. The Morgan fingerprint density at radius 3 is 2.44 bits per heavy atom. The fourth-order valence-corrected chi connectivity index (χ4v) is 5.88. The van der Waals surface area contributed by atoms with E-state index in [1.165, 1.54) is 0 Å². The maximum Gasteiger partial charge on any atom is 0.247 e. The van der Waals surface area contributed by atoms with Crippen LogP contribution in [0.15, 0.2) is 54.6 Å². The summed E-state index contributed by atoms with van der Waals surface area (Å²) >= 11 is 0. The van der Waals surface area contributed by atoms with E-state index in [-0.39, 0.29) is 36.2 Å². The Balaban J connectivity index is 1.62. The number of aliphatic hydroxyl groups excluding tert-OH is 1. The molecule has 0 spiro atoms. The number of unbranched alkanes of at least 4 members (excludes halogenated alkanes) is 3. The second-order valence-electron chi connectivity index (χ2n) is 9.87. The molecule has 7 heteroatoms. The topological polar surface area (TPSA) is 98.7 Å². The van der Waals surface area contributed by atoms with Gasteiger partial charge >= 0.3 is 0 Å². The van der Waals surface area contributed by atoms with Crippen LogP contribution in [-0.4, -0.2) is 54.0 Å². The Labute approximate surface area is 212 Å². The fraction of sp³-hybridized carbons (Fsp3) is 0.483. The maximum atomic E-state index is 13.8. The molecule has 0 saturated carbocycles. The van der Waals surface area contributed by atoms with Gasteiger partial charge in [0, 0.05) is 31.8 Å². The van der Waals surface area contributed by atoms with Gasteiger partial charge in [0.25, 0.3) is 0 Å². The van der Waals surface area contributed by atoms with Crippen LogP contribution in [0.2, 0.25) is 0 Å². The van der Waals surface area contributed by atoms with Crippen LogP contribution in [0, 0.1) is 23.7 Å². The van der Waals surface area contributed by atoms with Crippen molar-refractivity contribution >= 4 is 34.2 Å². The molecule has 2 aliphatic rings. The van der Waals surface area contributed by atoms with Crippen molar-refractivity contribution in [2.24, 2.45) is 23.7 Å². The molecule has 36 heavy (non-hydrogen) atoms. The maximum absolute atomic E-state index is 13.8. The van der Waals surface area contributed by atoms with Crippen LogP contribution in [0.5, 0.6) is 0 Å². The number of hydrogen-bond donors (Lipinski definition) is 3. The van der Waals surface area contributed by atoms with Gasteiger partial charge in [0.15, 0.2) is 0 Å². The zero-order valence-electron chi connectivity index (χ0n) is 21.2. The Morgan fingerprint density at radius 1 is 0.972 bits per heavy atom. The lowest BCUT2D eigenvalue weighted by atomic mass is 9.69. The van der Waals surface area contributed by atoms with E-state index in [0.29, 0.717) is 12.2 Å². The van der Waals surface area contributed by atoms with E-state index in [4.69, 9.17) is 5.11 Å². The molecule has 0 radical (unpaired) electrons. The van der Waals surface area contributed by atoms with Crippen molar-refractivity contribution in [2.75, 3.05) is 25.5 Å². The lowest BCUT2D eigenvalue weighted by molar-refractivity contribution is -0.140. The Hall–Kier alpha value is -3.19. The first kappa shape index (κ1) is 25.9. The zero-order chi connectivity index (χ0) is 25.7. The van der Waals surface area contributed by atoms with Crippen LogP contribution in [0.3, 0.4) is 0 Å². The highest BCUT2D eigenvalue weighted by atomic mass is 16.3. The number of nitrogens with zero attached hydrogens (tertiary/aromatic N) is 1. The van der Waals surface area contributed by atoms with Gasteiger partial charge in [-0.2, -0.15) is 0 Å². The number of nitrogens with one attached hydrogen (secondary N) is 2. The molecule has 4 rings (SSSR count). The first-order valence-electron chi connectivity index (χ1n) is 13.1. The van der Waals surface area contributed by atoms with Crippen LogP contribution >= 0.6 is 0 Å². The van der Waals surface area contributed by atoms with Gasteiger partial charge in [-0.05, 0) is 48.1 Å². The molecule has 1 aliphatic carbocycles. The van der Waals surface area contributed by atoms with E-state index >= 15 is 0 Å². The molecule has 1 fully saturated rings. The van der Waals surface area contributed by atoms with Crippen molar-refractivity contribution in [1.29, 1.82) is 0 Å². The molecular weight excluding hydrogens is 454 g/mol. The van der Waals surface area contributed by atoms with Gasteiger partial charge in [-0.1, -0.05) is 62.2 Å². The summed E-state index contributed by atoms with van der Waals surface area (Å²) in [5.74, 6) is -1.92. The van der Waals surface area contributed by atoms with Gasteiger partial charge in [0.2, 0.25) is 17.7 Å². The normalized spacial score (nSPS) is 25.1. The Kier molecular flexibility index (Phi) is 8.41. The van der Waals surface area contributed by atoms with Gasteiger partial charge in [-0.15, -0.1) is 0 Å². The van der Waals surface area contributed by atoms with Crippen molar-refractivity contribution in [3.63, 3.8) is 0 Å². The number of fused-ring (bicyclic) bond motifs is 2. The average Bonchev–Trinajstić information content (AvgIpc) is 3.18. The third kappa shape index (κ3) is 5.16. The smallest absolute Gasteiger partial charge is 0.247 e. The first-order valence-corrected chi connectivity index (χ1v) is 13.1. The van der Waals surface area contributed by atoms with Gasteiger partial charge in [-0.3, -0.25) is 14.4 Å². The molecule has 1 heterocycles. The molecule has 1 saturated heterocycles. The molecule has 3 N–H and O–H groups in total. The molecule has 0 unspecified atom stereocenters. The van der Waals surface area contributed by atoms with Crippen LogP contribution in [0.1, 0.15) is 39.0 Å². The molecule has 2 aromatic rings. The van der Waals surface area contributed by atoms with Crippen LogP contribution in [-0.2, 0) is 14.4 Å². The average molecular weight is 492 g/mol. The second-order valence-corrected chi connectivity index (χ2v) is 9.87. The molecule has 3 amide bonds. The number of aliphatic hydroxyl groups is 1. The summed E-state index contributed by atoms with van der Waals surface area (Å²) in [6.45, 7) is 2.63. The molecular formula is C29H37N3O4. The Morgan fingerprint density at radius 2 is 1.72 bits per heavy atom. The van der Waals surface area contributed by atoms with Crippen molar-refractivity contribution < 1.29 is 19.5 Å². The number of carbonyl (C=O) groups is 3. The van der Waals surface area contributed by atoms with E-state index in [1.54, 1.807) is 11.9 Å². The standard InChI is InChI=1S/C29H37N3O4/c1-3-19-13-15-23-25(24(19)27(34)30-2)29(36)32(16-8-4-5-9-17-33)26(23)28(35)31-22-14-12-20-10-6-7-11-21(20)18-22/h6-7,10-15,18-19,23-26,33H,3-5,8-9,16-17H2,1-2H3,(H,30,34)(H,31,35)/t19-,23+,24-,25+,26+/m1/s1. The predicted molar refractivity (Wildman–Crippen MR) is 141 cm³/mol. The highest BCUT2D eigenvalue weighted by molar-refractivity contribution is 6.02. The van der Waals surface area contributed by atoms with E-state index in [0.717, 1.165) is 42.9 Å². The number of amides is 3. The summed E-state index contributed by atoms with van der Waals surface area (Å²) < 4.78 is 0. The minimum atomic E-state index is -0.673. The molecule has 0 aromatic heterocycles. The van der Waals surface area contributed by atoms with E-state index < -0.39 is 17.9 Å². The molecule has 0 bridgehead atoms. The summed E-state index contributed by atoms with van der Waals surface area (Å²) in [5.41, 5.74) is 0.687. The summed E-state index contributed by atoms with van der Waals surface area (Å²) in [5, 5.41) is 17.0. The first-order chi connectivity index (χ1) is 17.5. The fourth-order valence-electron chi connectivity index (χ4n) is 5.88. The Bertz CT molecular complexity index is 1130. The second kappa shape index (κ2) is 11.7. The molecule has 192 valence electrons. The highest BCUT2D eigenvalue weighted by Gasteiger charge is 2.56. The summed E-state index contributed by atoms with van der Waals surface area (Å²) in [4.78, 5) is 42.1. The summed E-state index contributed by atoms with van der Waals surface area (Å²) in [6.07, 6.45) is 7.98. The van der Waals surface area contributed by atoms with Gasteiger partial charge < -0.3 is 20.6 Å². The monoisotopic (exact) mass is 491 g/mol. The highest BCUT2D eigenvalue weighted by Crippen LogP contribution is 2.45. The van der Waals surface area contributed by atoms with E-state index in [9.17, 15) is 14.4 Å². The lowest BCUT2D eigenvalue weighted by Crippen LogP contribution is -2.45. The number of rotatable bonds is 10. The summed E-state index contributed by atoms with van der Waals surface area (Å²) in [6, 6.07) is 13.1. The zero-order valence-corrected chi connectivity index (χ0v) is 21.2. The number of benzene rings is 2. The molecule has 7 nitrogen and oxygen atoms in total. The van der Waals surface area contributed by atoms with Crippen molar-refractivity contribution in [2.45, 2.75) is 45.1 Å². The SMILES string of the molecule is CC[C@@H]1C=C[C@H]2[C@H](C(=O)N(CCCCCCO)[C@@H]2C(=O)Nc2ccc3ccccc3c2)[C@@H]1C(=O)NC. The third-order valence-electron chi connectivity index (χ3n) is 7.73. The van der Waals surface area contributed by atoms with Gasteiger partial charge in [0.05, 0.1) is 11.8 Å². The number of allylic oxidation sites excluding steroid dienone is 1. The van der Waals surface area contributed by atoms with Crippen LogP contribution < -0.4 is 10.6 Å². The molecule has 1 aliphatic heterocycles. The number of hydrogen-bond acceptors (Lipinski definition) is 4. The molecule has 5 atom stereocenters. The van der Waals surface area contributed by atoms with Crippen molar-refractivity contribution in [1.82, 2.24) is 10.2 Å². The van der Waals surface area contributed by atoms with Gasteiger partial charge in [0.1, 0.15) is 6.04 Å². The van der Waals surface area contributed by atoms with Crippen molar-refractivity contribution in [3.8, 4) is 0 Å². The lowest BCUT2D eigenvalue weighted by Gasteiger charge is -2.33. The van der Waals surface area contributed by atoms with E-state index in [2.05, 4.69) is 10.6 Å². The van der Waals surface area contributed by atoms with Crippen LogP contribution in [0.4, 0.5) is 5.69 Å². The van der Waals surface area contributed by atoms with Crippen molar-refractivity contribution in [3.05, 3.63) is 54.6 Å². The number of likely N-dealkylation sites (tertiary alicyclic amines) is 1. The summed E-state index contributed by atoms with van der Waals surface area (Å²) in [7, 11) is 1.60. The third-order valence-corrected chi connectivity index (χ3v) is 7.73. The predicted octanol–water partition coefficient (Wildman–Crippen LogP) is 3.73. The number of anilines is 1. The minimum absolute atomic E-state index is 0.0381. The molecule has 2 aromatic carbocycles. The van der Waals surface area contributed by atoms with E-state index in [1.807, 2.05) is 61.5 Å². The van der Waals surface area contributed by atoms with Gasteiger partial charge in [-0.25, -0.2) is 0 Å². The quantitative estimate of drug-likeness (QED) is 0.348. The number of carbonyl (C=O) groups excluding carboxylic acids is 3. The minimum Gasteiger partial charge on any atom is -0.396 e. The van der Waals surface area contributed by atoms with Crippen LogP contribution in [0.25, 0.3) is 10.8 Å².